The van der Waals surface area contributed by atoms with Crippen LogP contribution in [0.25, 0.3) is 0 Å². The van der Waals surface area contributed by atoms with E-state index in [4.69, 9.17) is 0 Å². The molecule has 1 unspecified atom stereocenters. The number of hydrogen-bond acceptors (Lipinski definition) is 3. The lowest BCUT2D eigenvalue weighted by Gasteiger charge is -2.32. The van der Waals surface area contributed by atoms with Crippen LogP contribution in [-0.2, 0) is 24.4 Å². The summed E-state index contributed by atoms with van der Waals surface area (Å²) in [6.45, 7) is 6.53. The highest BCUT2D eigenvalue weighted by Gasteiger charge is 2.25. The summed E-state index contributed by atoms with van der Waals surface area (Å²) in [5.41, 5.74) is 3.58. The molecule has 2 aliphatic rings. The molecule has 30 heavy (non-hydrogen) atoms. The molecule has 2 aromatic carbocycles. The molecule has 0 spiro atoms. The Kier molecular flexibility index (Phi) is 7.13. The summed E-state index contributed by atoms with van der Waals surface area (Å²) in [6, 6.07) is 15.3. The second-order valence-electron chi connectivity index (χ2n) is 8.72. The molecule has 2 heterocycles. The van der Waals surface area contributed by atoms with Crippen LogP contribution in [0, 0.1) is 11.7 Å². The number of amides is 1. The molecule has 0 radical (unpaired) electrons. The average molecular weight is 410 g/mol. The van der Waals surface area contributed by atoms with Crippen LogP contribution in [0.15, 0.2) is 48.5 Å². The van der Waals surface area contributed by atoms with Gasteiger partial charge in [-0.1, -0.05) is 36.4 Å². The van der Waals surface area contributed by atoms with Gasteiger partial charge in [0.2, 0.25) is 5.91 Å². The molecular weight excluding hydrogens is 377 g/mol. The van der Waals surface area contributed by atoms with E-state index < -0.39 is 0 Å². The fourth-order valence-corrected chi connectivity index (χ4v) is 4.56. The van der Waals surface area contributed by atoms with Gasteiger partial charge in [-0.3, -0.25) is 14.6 Å². The van der Waals surface area contributed by atoms with Crippen molar-refractivity contribution < 1.29 is 9.18 Å². The highest BCUT2D eigenvalue weighted by Crippen LogP contribution is 2.19. The topological polar surface area (TPSA) is 35.6 Å². The predicted octanol–water partition coefficient (Wildman–Crippen LogP) is 3.95. The van der Waals surface area contributed by atoms with Gasteiger partial charge in [-0.15, -0.1) is 0 Å². The first kappa shape index (κ1) is 21.0. The number of carbonyl (C=O) groups is 1. The Labute approximate surface area is 179 Å². The summed E-state index contributed by atoms with van der Waals surface area (Å²) < 4.78 is 13.1. The molecule has 5 heteroatoms. The molecule has 2 fully saturated rings. The third kappa shape index (κ3) is 5.89. The minimum atomic E-state index is -0.210. The number of likely N-dealkylation sites (tertiary alicyclic amines) is 2. The van der Waals surface area contributed by atoms with Crippen LogP contribution < -0.4 is 5.32 Å². The lowest BCUT2D eigenvalue weighted by molar-refractivity contribution is -0.126. The smallest absolute Gasteiger partial charge is 0.224 e. The van der Waals surface area contributed by atoms with Crippen LogP contribution in [0.3, 0.4) is 0 Å². The fourth-order valence-electron chi connectivity index (χ4n) is 4.56. The minimum Gasteiger partial charge on any atom is -0.352 e. The maximum atomic E-state index is 13.1. The first-order valence-corrected chi connectivity index (χ1v) is 11.2. The van der Waals surface area contributed by atoms with E-state index in [0.29, 0.717) is 6.54 Å². The maximum Gasteiger partial charge on any atom is 0.224 e. The summed E-state index contributed by atoms with van der Waals surface area (Å²) in [7, 11) is 0. The van der Waals surface area contributed by atoms with Gasteiger partial charge < -0.3 is 5.32 Å². The van der Waals surface area contributed by atoms with E-state index in [2.05, 4.69) is 39.4 Å². The molecule has 2 aliphatic heterocycles. The molecule has 0 saturated carbocycles. The Morgan fingerprint density at radius 1 is 0.833 bits per heavy atom. The molecule has 0 aliphatic carbocycles. The second kappa shape index (κ2) is 10.2. The number of nitrogens with one attached hydrogen (secondary N) is 1. The summed E-state index contributed by atoms with van der Waals surface area (Å²) in [6.07, 6.45) is 4.57. The van der Waals surface area contributed by atoms with Crippen molar-refractivity contribution in [3.63, 3.8) is 0 Å². The van der Waals surface area contributed by atoms with Crippen molar-refractivity contribution in [2.45, 2.75) is 45.3 Å². The molecule has 0 aromatic heterocycles. The van der Waals surface area contributed by atoms with Gasteiger partial charge in [0.1, 0.15) is 5.82 Å². The molecular formula is C25H32FN3O. The van der Waals surface area contributed by atoms with Crippen LogP contribution in [0.1, 0.15) is 42.4 Å². The first-order chi connectivity index (χ1) is 14.7. The zero-order valence-electron chi connectivity index (χ0n) is 17.7. The van der Waals surface area contributed by atoms with Crippen molar-refractivity contribution in [3.8, 4) is 0 Å². The lowest BCUT2D eigenvalue weighted by atomic mass is 9.96. The molecule has 1 amide bonds. The molecule has 2 saturated heterocycles. The Balaban J connectivity index is 1.23. The van der Waals surface area contributed by atoms with Crippen molar-refractivity contribution in [3.05, 3.63) is 71.0 Å². The summed E-state index contributed by atoms with van der Waals surface area (Å²) in [5, 5.41) is 3.13. The van der Waals surface area contributed by atoms with Crippen molar-refractivity contribution in [2.24, 2.45) is 5.92 Å². The summed E-state index contributed by atoms with van der Waals surface area (Å²) in [5.74, 6) is -0.0488. The minimum absolute atomic E-state index is 0.0219. The van der Waals surface area contributed by atoms with Crippen LogP contribution in [-0.4, -0.2) is 41.9 Å². The maximum absolute atomic E-state index is 13.1. The van der Waals surface area contributed by atoms with Gasteiger partial charge in [0, 0.05) is 26.2 Å². The number of carbonyl (C=O) groups excluding carboxylic acids is 1. The van der Waals surface area contributed by atoms with E-state index >= 15 is 0 Å². The first-order valence-electron chi connectivity index (χ1n) is 11.2. The van der Waals surface area contributed by atoms with E-state index in [9.17, 15) is 9.18 Å². The number of piperidine rings is 1. The van der Waals surface area contributed by atoms with Crippen LogP contribution >= 0.6 is 0 Å². The Morgan fingerprint density at radius 3 is 2.10 bits per heavy atom. The lowest BCUT2D eigenvalue weighted by Crippen LogP contribution is -2.42. The van der Waals surface area contributed by atoms with Gasteiger partial charge in [-0.2, -0.15) is 0 Å². The number of hydrogen-bond donors (Lipinski definition) is 1. The van der Waals surface area contributed by atoms with Crippen LogP contribution in [0.5, 0.6) is 0 Å². The highest BCUT2D eigenvalue weighted by atomic mass is 19.1. The third-order valence-corrected chi connectivity index (χ3v) is 6.29. The largest absolute Gasteiger partial charge is 0.352 e. The molecule has 1 atom stereocenters. The van der Waals surface area contributed by atoms with Gasteiger partial charge >= 0.3 is 0 Å². The van der Waals surface area contributed by atoms with Gasteiger partial charge in [-0.25, -0.2) is 4.39 Å². The van der Waals surface area contributed by atoms with Gasteiger partial charge in [0.05, 0.1) is 5.92 Å². The predicted molar refractivity (Wildman–Crippen MR) is 117 cm³/mol. The number of benzene rings is 2. The number of halogens is 1. The van der Waals surface area contributed by atoms with Crippen molar-refractivity contribution >= 4 is 5.91 Å². The average Bonchev–Trinajstić information content (AvgIpc) is 3.28. The van der Waals surface area contributed by atoms with E-state index in [0.717, 1.165) is 50.1 Å². The Hall–Kier alpha value is -2.24. The van der Waals surface area contributed by atoms with E-state index in [-0.39, 0.29) is 17.6 Å². The second-order valence-corrected chi connectivity index (χ2v) is 8.72. The quantitative estimate of drug-likeness (QED) is 0.752. The zero-order valence-corrected chi connectivity index (χ0v) is 17.7. The molecule has 160 valence electrons. The standard InChI is InChI=1S/C25H32FN3O/c26-24-11-9-22(10-12-24)18-29-15-3-4-23(19-29)25(30)27-16-20-5-7-21(8-6-20)17-28-13-1-2-14-28/h5-12,23H,1-4,13-19H2,(H,27,30). The summed E-state index contributed by atoms with van der Waals surface area (Å²) >= 11 is 0. The van der Waals surface area contributed by atoms with Gasteiger partial charge in [-0.05, 0) is 74.1 Å². The third-order valence-electron chi connectivity index (χ3n) is 6.29. The summed E-state index contributed by atoms with van der Waals surface area (Å²) in [4.78, 5) is 17.5. The Morgan fingerprint density at radius 2 is 1.40 bits per heavy atom. The fraction of sp³-hybridized carbons (Fsp3) is 0.480. The Bertz CT molecular complexity index is 815. The molecule has 4 rings (SSSR count). The molecule has 0 bridgehead atoms. The molecule has 4 nitrogen and oxygen atoms in total. The van der Waals surface area contributed by atoms with Crippen LogP contribution in [0.4, 0.5) is 4.39 Å². The van der Waals surface area contributed by atoms with Gasteiger partial charge in [0.25, 0.3) is 0 Å². The van der Waals surface area contributed by atoms with Crippen molar-refractivity contribution in [1.29, 1.82) is 0 Å². The highest BCUT2D eigenvalue weighted by molar-refractivity contribution is 5.79. The molecule has 1 N–H and O–H groups in total. The van der Waals surface area contributed by atoms with E-state index in [1.165, 1.54) is 43.6 Å². The number of nitrogens with zero attached hydrogens (tertiary/aromatic N) is 2. The van der Waals surface area contributed by atoms with Gasteiger partial charge in [0.15, 0.2) is 0 Å². The number of rotatable bonds is 7. The van der Waals surface area contributed by atoms with E-state index in [1.54, 1.807) is 0 Å². The zero-order chi connectivity index (χ0) is 20.8. The monoisotopic (exact) mass is 409 g/mol. The van der Waals surface area contributed by atoms with Crippen molar-refractivity contribution in [2.75, 3.05) is 26.2 Å². The molecule has 2 aromatic rings. The normalized spacial score (nSPS) is 20.4. The van der Waals surface area contributed by atoms with Crippen LogP contribution in [0.2, 0.25) is 0 Å². The SMILES string of the molecule is O=C(NCc1ccc(CN2CCCC2)cc1)C1CCCN(Cc2ccc(F)cc2)C1. The van der Waals surface area contributed by atoms with E-state index in [1.807, 2.05) is 12.1 Å². The van der Waals surface area contributed by atoms with Crippen molar-refractivity contribution in [1.82, 2.24) is 15.1 Å².